The molecule has 0 saturated heterocycles. The van der Waals surface area contributed by atoms with E-state index in [1.165, 1.54) is 0 Å². The minimum Gasteiger partial charge on any atom is -0.489 e. The van der Waals surface area contributed by atoms with Gasteiger partial charge in [-0.1, -0.05) is 23.7 Å². The third-order valence-electron chi connectivity index (χ3n) is 3.78. The maximum Gasteiger partial charge on any atom is 0.315 e. The van der Waals surface area contributed by atoms with Crippen LogP contribution in [0.3, 0.4) is 0 Å². The van der Waals surface area contributed by atoms with E-state index in [2.05, 4.69) is 16.0 Å². The van der Waals surface area contributed by atoms with Gasteiger partial charge in [-0.25, -0.2) is 4.79 Å². The van der Waals surface area contributed by atoms with Gasteiger partial charge in [0.15, 0.2) is 0 Å². The van der Waals surface area contributed by atoms with Crippen LogP contribution in [0.4, 0.5) is 10.5 Å². The molecule has 1 aliphatic carbocycles. The molecule has 1 saturated carbocycles. The predicted octanol–water partition coefficient (Wildman–Crippen LogP) is 3.32. The van der Waals surface area contributed by atoms with Crippen LogP contribution in [0, 0.1) is 0 Å². The Morgan fingerprint density at radius 1 is 1.04 bits per heavy atom. The van der Waals surface area contributed by atoms with Gasteiger partial charge < -0.3 is 20.7 Å². The quantitative estimate of drug-likeness (QED) is 0.696. The Bertz CT molecular complexity index is 759. The lowest BCUT2D eigenvalue weighted by Crippen LogP contribution is -2.40. The number of carbonyl (C=O) groups is 2. The maximum absolute atomic E-state index is 11.8. The Kier molecular flexibility index (Phi) is 5.96. The van der Waals surface area contributed by atoms with Gasteiger partial charge >= 0.3 is 6.03 Å². The van der Waals surface area contributed by atoms with Gasteiger partial charge in [-0.2, -0.15) is 0 Å². The Morgan fingerprint density at radius 3 is 2.38 bits per heavy atom. The van der Waals surface area contributed by atoms with Gasteiger partial charge in [0.25, 0.3) is 0 Å². The van der Waals surface area contributed by atoms with Gasteiger partial charge in [-0.05, 0) is 54.8 Å². The Hall–Kier alpha value is -2.73. The molecule has 7 heteroatoms. The zero-order valence-corrected chi connectivity index (χ0v) is 14.9. The van der Waals surface area contributed by atoms with E-state index in [4.69, 9.17) is 16.3 Å². The first-order chi connectivity index (χ1) is 12.6. The van der Waals surface area contributed by atoms with Crippen molar-refractivity contribution in [3.63, 3.8) is 0 Å². The van der Waals surface area contributed by atoms with Crippen LogP contribution < -0.4 is 20.7 Å². The van der Waals surface area contributed by atoms with E-state index in [1.807, 2.05) is 24.3 Å². The maximum atomic E-state index is 11.8. The molecule has 3 amide bonds. The van der Waals surface area contributed by atoms with Crippen LogP contribution in [0.15, 0.2) is 48.5 Å². The van der Waals surface area contributed by atoms with Crippen LogP contribution >= 0.6 is 11.6 Å². The molecule has 2 aromatic carbocycles. The number of carbonyl (C=O) groups excluding carboxylic acids is 2. The van der Waals surface area contributed by atoms with Crippen molar-refractivity contribution in [1.29, 1.82) is 0 Å². The number of amides is 3. The number of anilines is 1. The molecular formula is C19H20ClN3O3. The van der Waals surface area contributed by atoms with Crippen LogP contribution in [-0.4, -0.2) is 24.5 Å². The van der Waals surface area contributed by atoms with Crippen molar-refractivity contribution < 1.29 is 14.3 Å². The normalized spacial score (nSPS) is 13.0. The molecule has 6 nitrogen and oxygen atoms in total. The summed E-state index contributed by atoms with van der Waals surface area (Å²) in [5.41, 5.74) is 1.65. The first kappa shape index (κ1) is 18.1. The number of benzene rings is 2. The molecule has 0 atom stereocenters. The summed E-state index contributed by atoms with van der Waals surface area (Å²) in [6, 6.07) is 14.4. The second kappa shape index (κ2) is 8.58. The van der Waals surface area contributed by atoms with Gasteiger partial charge in [0.1, 0.15) is 12.4 Å². The van der Waals surface area contributed by atoms with Crippen molar-refractivity contribution in [2.75, 3.05) is 11.9 Å². The Morgan fingerprint density at radius 2 is 1.73 bits per heavy atom. The summed E-state index contributed by atoms with van der Waals surface area (Å²) in [4.78, 5) is 23.3. The van der Waals surface area contributed by atoms with Gasteiger partial charge in [0, 0.05) is 16.8 Å². The number of hydrogen-bond acceptors (Lipinski definition) is 3. The molecule has 0 heterocycles. The molecule has 3 N–H and O–H groups in total. The summed E-state index contributed by atoms with van der Waals surface area (Å²) >= 11 is 5.85. The van der Waals surface area contributed by atoms with E-state index < -0.39 is 0 Å². The molecule has 2 aromatic rings. The molecule has 1 aliphatic rings. The predicted molar refractivity (Wildman–Crippen MR) is 100 cm³/mol. The monoisotopic (exact) mass is 373 g/mol. The van der Waals surface area contributed by atoms with Crippen molar-refractivity contribution in [1.82, 2.24) is 10.6 Å². The number of ether oxygens (including phenoxy) is 1. The minimum atomic E-state index is -0.311. The first-order valence-electron chi connectivity index (χ1n) is 8.40. The number of halogens is 1. The SMILES string of the molecule is O=C(CNC(=O)NC1CC1)Nc1ccc(OCc2ccc(Cl)cc2)cc1. The third kappa shape index (κ3) is 5.97. The van der Waals surface area contributed by atoms with Gasteiger partial charge in [0.05, 0.1) is 6.54 Å². The lowest BCUT2D eigenvalue weighted by molar-refractivity contribution is -0.115. The average molecular weight is 374 g/mol. The van der Waals surface area contributed by atoms with Crippen LogP contribution in [0.5, 0.6) is 5.75 Å². The van der Waals surface area contributed by atoms with Crippen molar-refractivity contribution >= 4 is 29.2 Å². The number of nitrogens with one attached hydrogen (secondary N) is 3. The average Bonchev–Trinajstić information content (AvgIpc) is 3.45. The zero-order valence-electron chi connectivity index (χ0n) is 14.1. The number of urea groups is 1. The highest BCUT2D eigenvalue weighted by Gasteiger charge is 2.23. The van der Waals surface area contributed by atoms with Gasteiger partial charge in [0.2, 0.25) is 5.91 Å². The fraction of sp³-hybridized carbons (Fsp3) is 0.263. The highest BCUT2D eigenvalue weighted by Crippen LogP contribution is 2.19. The molecule has 0 unspecified atom stereocenters. The smallest absolute Gasteiger partial charge is 0.315 e. The lowest BCUT2D eigenvalue weighted by atomic mass is 10.2. The van der Waals surface area contributed by atoms with Crippen LogP contribution in [0.1, 0.15) is 18.4 Å². The number of hydrogen-bond donors (Lipinski definition) is 3. The van der Waals surface area contributed by atoms with Crippen molar-refractivity contribution in [2.24, 2.45) is 0 Å². The standard InChI is InChI=1S/C19H20ClN3O3/c20-14-3-1-13(2-4-14)12-26-17-9-7-15(8-10-17)22-18(24)11-21-19(25)23-16-5-6-16/h1-4,7-10,16H,5-6,11-12H2,(H,22,24)(H2,21,23,25). The fourth-order valence-corrected chi connectivity index (χ4v) is 2.34. The summed E-state index contributed by atoms with van der Waals surface area (Å²) in [5, 5.41) is 8.70. The van der Waals surface area contributed by atoms with Crippen molar-refractivity contribution in [2.45, 2.75) is 25.5 Å². The largest absolute Gasteiger partial charge is 0.489 e. The second-order valence-corrected chi connectivity index (χ2v) is 6.53. The fourth-order valence-electron chi connectivity index (χ4n) is 2.21. The first-order valence-corrected chi connectivity index (χ1v) is 8.78. The minimum absolute atomic E-state index is 0.0760. The lowest BCUT2D eigenvalue weighted by Gasteiger charge is -2.09. The van der Waals surface area contributed by atoms with Crippen LogP contribution in [-0.2, 0) is 11.4 Å². The van der Waals surface area contributed by atoms with E-state index in [0.29, 0.717) is 23.1 Å². The summed E-state index contributed by atoms with van der Waals surface area (Å²) in [6.07, 6.45) is 2.01. The molecule has 0 radical (unpaired) electrons. The Labute approximate surface area is 156 Å². The third-order valence-corrected chi connectivity index (χ3v) is 4.03. The number of rotatable bonds is 7. The van der Waals surface area contributed by atoms with Crippen LogP contribution in [0.2, 0.25) is 5.02 Å². The highest BCUT2D eigenvalue weighted by molar-refractivity contribution is 6.30. The molecule has 26 heavy (non-hydrogen) atoms. The molecule has 1 fully saturated rings. The molecule has 0 bridgehead atoms. The molecule has 3 rings (SSSR count). The molecule has 0 spiro atoms. The highest BCUT2D eigenvalue weighted by atomic mass is 35.5. The van der Waals surface area contributed by atoms with Crippen molar-refractivity contribution in [3.8, 4) is 5.75 Å². The van der Waals surface area contributed by atoms with Crippen molar-refractivity contribution in [3.05, 3.63) is 59.1 Å². The zero-order chi connectivity index (χ0) is 18.4. The molecule has 0 aliphatic heterocycles. The summed E-state index contributed by atoms with van der Waals surface area (Å²) in [5.74, 6) is 0.408. The summed E-state index contributed by atoms with van der Waals surface area (Å²) in [6.45, 7) is 0.357. The van der Waals surface area contributed by atoms with Gasteiger partial charge in [-0.3, -0.25) is 4.79 Å². The Balaban J connectivity index is 1.40. The van der Waals surface area contributed by atoms with E-state index in [-0.39, 0.29) is 24.5 Å². The molecular weight excluding hydrogens is 354 g/mol. The van der Waals surface area contributed by atoms with E-state index >= 15 is 0 Å². The molecule has 136 valence electrons. The molecule has 0 aromatic heterocycles. The van der Waals surface area contributed by atoms with Crippen LogP contribution in [0.25, 0.3) is 0 Å². The topological polar surface area (TPSA) is 79.5 Å². The van der Waals surface area contributed by atoms with E-state index in [1.54, 1.807) is 24.3 Å². The van der Waals surface area contributed by atoms with E-state index in [9.17, 15) is 9.59 Å². The second-order valence-electron chi connectivity index (χ2n) is 6.09. The summed E-state index contributed by atoms with van der Waals surface area (Å²) < 4.78 is 5.69. The van der Waals surface area contributed by atoms with Gasteiger partial charge in [-0.15, -0.1) is 0 Å². The van der Waals surface area contributed by atoms with E-state index in [0.717, 1.165) is 18.4 Å². The summed E-state index contributed by atoms with van der Waals surface area (Å²) in [7, 11) is 0.